The van der Waals surface area contributed by atoms with Gasteiger partial charge in [-0.3, -0.25) is 4.79 Å². The van der Waals surface area contributed by atoms with E-state index in [2.05, 4.69) is 9.97 Å². The summed E-state index contributed by atoms with van der Waals surface area (Å²) in [6.07, 6.45) is -0.987. The number of ether oxygens (including phenoxy) is 1. The number of rotatable bonds is 5. The van der Waals surface area contributed by atoms with Crippen LogP contribution in [0.1, 0.15) is 23.1 Å². The molecule has 1 unspecified atom stereocenters. The van der Waals surface area contributed by atoms with Crippen molar-refractivity contribution in [3.05, 3.63) is 47.3 Å². The number of hydrogen-bond donors (Lipinski definition) is 1. The molecule has 1 amide bonds. The standard InChI is InChI=1S/C18H19F3N4O2/c1-11-3-2-4-15(18(19,20)21)14(11)10-27-13-7-23-17(24-8-13)25-6-5-12(9-25)16(22)26/h2-4,7-8,12H,5-6,9-10H2,1H3,(H2,22,26). The number of carbonyl (C=O) groups excluding carboxylic acids is 1. The van der Waals surface area contributed by atoms with Crippen LogP contribution in [0.15, 0.2) is 30.6 Å². The minimum Gasteiger partial charge on any atom is -0.486 e. The summed E-state index contributed by atoms with van der Waals surface area (Å²) in [5, 5.41) is 0. The lowest BCUT2D eigenvalue weighted by Gasteiger charge is -2.17. The number of amides is 1. The van der Waals surface area contributed by atoms with Crippen molar-refractivity contribution in [3.63, 3.8) is 0 Å². The third-order valence-electron chi connectivity index (χ3n) is 4.59. The van der Waals surface area contributed by atoms with Crippen molar-refractivity contribution in [3.8, 4) is 5.75 Å². The van der Waals surface area contributed by atoms with Gasteiger partial charge in [0, 0.05) is 18.7 Å². The number of nitrogens with zero attached hydrogens (tertiary/aromatic N) is 3. The van der Waals surface area contributed by atoms with E-state index in [1.54, 1.807) is 13.0 Å². The van der Waals surface area contributed by atoms with Crippen molar-refractivity contribution in [1.29, 1.82) is 0 Å². The van der Waals surface area contributed by atoms with Crippen LogP contribution >= 0.6 is 0 Å². The number of anilines is 1. The first-order valence-corrected chi connectivity index (χ1v) is 8.40. The number of halogens is 3. The summed E-state index contributed by atoms with van der Waals surface area (Å²) in [6.45, 7) is 2.44. The molecule has 0 aliphatic carbocycles. The molecule has 1 atom stereocenters. The molecule has 0 spiro atoms. The number of carbonyl (C=O) groups is 1. The quantitative estimate of drug-likeness (QED) is 0.863. The summed E-state index contributed by atoms with van der Waals surface area (Å²) >= 11 is 0. The Balaban J connectivity index is 1.68. The Bertz CT molecular complexity index is 824. The monoisotopic (exact) mass is 380 g/mol. The van der Waals surface area contributed by atoms with Crippen molar-refractivity contribution in [1.82, 2.24) is 9.97 Å². The number of aryl methyl sites for hydroxylation is 1. The molecule has 1 aromatic heterocycles. The maximum absolute atomic E-state index is 13.1. The zero-order chi connectivity index (χ0) is 19.6. The van der Waals surface area contributed by atoms with E-state index in [-0.39, 0.29) is 29.7 Å². The van der Waals surface area contributed by atoms with Crippen molar-refractivity contribution in [2.75, 3.05) is 18.0 Å². The molecule has 3 rings (SSSR count). The maximum atomic E-state index is 13.1. The average Bonchev–Trinajstić information content (AvgIpc) is 3.10. The fourth-order valence-electron chi connectivity index (χ4n) is 3.04. The second-order valence-electron chi connectivity index (χ2n) is 6.44. The predicted octanol–water partition coefficient (Wildman–Crippen LogP) is 2.69. The first-order chi connectivity index (χ1) is 12.8. The van der Waals surface area contributed by atoms with Crippen LogP contribution in [0.2, 0.25) is 0 Å². The molecule has 0 bridgehead atoms. The highest BCUT2D eigenvalue weighted by atomic mass is 19.4. The van der Waals surface area contributed by atoms with Crippen LogP contribution in [-0.2, 0) is 17.6 Å². The van der Waals surface area contributed by atoms with Crippen LogP contribution in [0.4, 0.5) is 19.1 Å². The Morgan fingerprint density at radius 1 is 1.33 bits per heavy atom. The average molecular weight is 380 g/mol. The molecule has 0 saturated carbocycles. The molecule has 1 aromatic carbocycles. The predicted molar refractivity (Wildman–Crippen MR) is 92.1 cm³/mol. The van der Waals surface area contributed by atoms with Crippen LogP contribution in [0.25, 0.3) is 0 Å². The lowest BCUT2D eigenvalue weighted by Crippen LogP contribution is -2.28. The number of primary amides is 1. The third kappa shape index (κ3) is 4.29. The second-order valence-corrected chi connectivity index (χ2v) is 6.44. The first-order valence-electron chi connectivity index (χ1n) is 8.40. The molecular formula is C18H19F3N4O2. The molecule has 1 aliphatic rings. The fraction of sp³-hybridized carbons (Fsp3) is 0.389. The minimum absolute atomic E-state index is 0.0814. The van der Waals surface area contributed by atoms with Gasteiger partial charge in [0.1, 0.15) is 6.61 Å². The van der Waals surface area contributed by atoms with Gasteiger partial charge in [-0.25, -0.2) is 9.97 Å². The molecule has 2 heterocycles. The van der Waals surface area contributed by atoms with E-state index in [1.807, 2.05) is 4.90 Å². The summed E-state index contributed by atoms with van der Waals surface area (Å²) in [6, 6.07) is 4.01. The Kier molecular flexibility index (Phi) is 5.20. The van der Waals surface area contributed by atoms with Gasteiger partial charge in [0.2, 0.25) is 11.9 Å². The SMILES string of the molecule is Cc1cccc(C(F)(F)F)c1COc1cnc(N2CCC(C(N)=O)C2)nc1. The van der Waals surface area contributed by atoms with Crippen molar-refractivity contribution in [2.24, 2.45) is 11.7 Å². The van der Waals surface area contributed by atoms with Gasteiger partial charge in [0.15, 0.2) is 5.75 Å². The summed E-state index contributed by atoms with van der Waals surface area (Å²) in [5.41, 5.74) is 5.17. The fourth-order valence-corrected chi connectivity index (χ4v) is 3.04. The van der Waals surface area contributed by atoms with E-state index in [1.165, 1.54) is 18.5 Å². The van der Waals surface area contributed by atoms with Gasteiger partial charge >= 0.3 is 6.18 Å². The smallest absolute Gasteiger partial charge is 0.416 e. The van der Waals surface area contributed by atoms with Crippen molar-refractivity contribution < 1.29 is 22.7 Å². The van der Waals surface area contributed by atoms with Gasteiger partial charge in [0.25, 0.3) is 0 Å². The van der Waals surface area contributed by atoms with Crippen LogP contribution in [-0.4, -0.2) is 29.0 Å². The number of benzene rings is 1. The molecular weight excluding hydrogens is 361 g/mol. The molecule has 144 valence electrons. The lowest BCUT2D eigenvalue weighted by molar-refractivity contribution is -0.138. The van der Waals surface area contributed by atoms with E-state index in [4.69, 9.17) is 10.5 Å². The maximum Gasteiger partial charge on any atom is 0.416 e. The second kappa shape index (κ2) is 7.42. The number of aromatic nitrogens is 2. The van der Waals surface area contributed by atoms with Crippen LogP contribution in [0.5, 0.6) is 5.75 Å². The molecule has 9 heteroatoms. The number of alkyl halides is 3. The minimum atomic E-state index is -4.45. The highest BCUT2D eigenvalue weighted by Crippen LogP contribution is 2.33. The Morgan fingerprint density at radius 3 is 2.63 bits per heavy atom. The molecule has 1 saturated heterocycles. The molecule has 1 aliphatic heterocycles. The van der Waals surface area contributed by atoms with E-state index >= 15 is 0 Å². The highest BCUT2D eigenvalue weighted by molar-refractivity contribution is 5.78. The van der Waals surface area contributed by atoms with Crippen LogP contribution in [0, 0.1) is 12.8 Å². The van der Waals surface area contributed by atoms with Crippen LogP contribution in [0.3, 0.4) is 0 Å². The van der Waals surface area contributed by atoms with Gasteiger partial charge in [0.05, 0.1) is 23.9 Å². The molecule has 6 nitrogen and oxygen atoms in total. The Morgan fingerprint density at radius 2 is 2.04 bits per heavy atom. The topological polar surface area (TPSA) is 81.3 Å². The first kappa shape index (κ1) is 18.9. The number of nitrogens with two attached hydrogens (primary N) is 1. The Labute approximate surface area is 154 Å². The lowest BCUT2D eigenvalue weighted by atomic mass is 10.0. The highest BCUT2D eigenvalue weighted by Gasteiger charge is 2.34. The van der Waals surface area contributed by atoms with Gasteiger partial charge < -0.3 is 15.4 Å². The molecule has 27 heavy (non-hydrogen) atoms. The van der Waals surface area contributed by atoms with E-state index in [0.717, 1.165) is 6.07 Å². The largest absolute Gasteiger partial charge is 0.486 e. The van der Waals surface area contributed by atoms with Gasteiger partial charge in [-0.15, -0.1) is 0 Å². The zero-order valence-corrected chi connectivity index (χ0v) is 14.7. The molecule has 2 aromatic rings. The van der Waals surface area contributed by atoms with Gasteiger partial charge in [-0.05, 0) is 25.0 Å². The molecule has 2 N–H and O–H groups in total. The van der Waals surface area contributed by atoms with Gasteiger partial charge in [-0.1, -0.05) is 12.1 Å². The molecule has 0 radical (unpaired) electrons. The summed E-state index contributed by atoms with van der Waals surface area (Å²) in [4.78, 5) is 21.4. The van der Waals surface area contributed by atoms with E-state index < -0.39 is 11.7 Å². The van der Waals surface area contributed by atoms with Crippen molar-refractivity contribution in [2.45, 2.75) is 26.1 Å². The van der Waals surface area contributed by atoms with Crippen LogP contribution < -0.4 is 15.4 Å². The van der Waals surface area contributed by atoms with E-state index in [9.17, 15) is 18.0 Å². The third-order valence-corrected chi connectivity index (χ3v) is 4.59. The molecule has 1 fully saturated rings. The van der Waals surface area contributed by atoms with Gasteiger partial charge in [-0.2, -0.15) is 13.2 Å². The Hall–Kier alpha value is -2.84. The zero-order valence-electron chi connectivity index (χ0n) is 14.7. The summed E-state index contributed by atoms with van der Waals surface area (Å²) < 4.78 is 44.9. The summed E-state index contributed by atoms with van der Waals surface area (Å²) in [5.74, 6) is 0.112. The van der Waals surface area contributed by atoms with E-state index in [0.29, 0.717) is 31.0 Å². The normalized spacial score (nSPS) is 17.2. The summed E-state index contributed by atoms with van der Waals surface area (Å²) in [7, 11) is 0. The van der Waals surface area contributed by atoms with Crippen molar-refractivity contribution >= 4 is 11.9 Å². The number of hydrogen-bond acceptors (Lipinski definition) is 5.